The minimum absolute atomic E-state index is 0.154. The average molecular weight is 369 g/mol. The molecule has 1 aliphatic rings. The van der Waals surface area contributed by atoms with Crippen molar-refractivity contribution in [2.45, 2.75) is 82.1 Å². The normalized spacial score (nSPS) is 20.4. The Balaban J connectivity index is 1.59. The van der Waals surface area contributed by atoms with Crippen molar-refractivity contribution in [1.29, 1.82) is 0 Å². The van der Waals surface area contributed by atoms with E-state index in [0.717, 1.165) is 44.3 Å². The molecule has 0 radical (unpaired) electrons. The summed E-state index contributed by atoms with van der Waals surface area (Å²) in [5.74, 6) is 0. The lowest BCUT2D eigenvalue weighted by molar-refractivity contribution is -0.157. The van der Waals surface area contributed by atoms with Gasteiger partial charge in [-0.1, -0.05) is 56.7 Å². The van der Waals surface area contributed by atoms with Crippen LogP contribution >= 0.6 is 0 Å². The molecule has 1 aromatic rings. The third kappa shape index (κ3) is 6.39. The Morgan fingerprint density at radius 1 is 1.04 bits per heavy atom. The summed E-state index contributed by atoms with van der Waals surface area (Å²) in [6.07, 6.45) is 9.99. The summed E-state index contributed by atoms with van der Waals surface area (Å²) in [6.45, 7) is 5.32. The highest BCUT2D eigenvalue weighted by Crippen LogP contribution is 2.36. The molecule has 4 nitrogen and oxygen atoms in total. The van der Waals surface area contributed by atoms with E-state index in [4.69, 9.17) is 8.92 Å². The van der Waals surface area contributed by atoms with Crippen LogP contribution in [0.25, 0.3) is 0 Å². The second-order valence-electron chi connectivity index (χ2n) is 7.14. The molecule has 0 N–H and O–H groups in total. The molecule has 1 saturated heterocycles. The van der Waals surface area contributed by atoms with E-state index in [1.807, 2.05) is 6.92 Å². The topological polar surface area (TPSA) is 52.6 Å². The number of unbranched alkanes of at least 4 members (excludes halogenated alkanes) is 4. The lowest BCUT2D eigenvalue weighted by atomic mass is 9.84. The Morgan fingerprint density at radius 2 is 1.68 bits per heavy atom. The van der Waals surface area contributed by atoms with Gasteiger partial charge in [0.05, 0.1) is 23.7 Å². The molecule has 0 spiro atoms. The van der Waals surface area contributed by atoms with Gasteiger partial charge in [-0.15, -0.1) is 0 Å². The van der Waals surface area contributed by atoms with Crippen molar-refractivity contribution in [3.05, 3.63) is 29.8 Å². The number of aryl methyl sites for hydroxylation is 1. The predicted octanol–water partition coefficient (Wildman–Crippen LogP) is 5.00. The van der Waals surface area contributed by atoms with Crippen LogP contribution in [0, 0.1) is 6.92 Å². The van der Waals surface area contributed by atoms with E-state index in [1.165, 1.54) is 25.7 Å². The summed E-state index contributed by atoms with van der Waals surface area (Å²) in [4.78, 5) is 0.234. The number of benzene rings is 1. The van der Waals surface area contributed by atoms with Crippen molar-refractivity contribution in [2.24, 2.45) is 0 Å². The zero-order valence-electron chi connectivity index (χ0n) is 15.6. The highest BCUT2D eigenvalue weighted by Gasteiger charge is 2.36. The van der Waals surface area contributed by atoms with Gasteiger partial charge in [0, 0.05) is 0 Å². The molecule has 0 saturated carbocycles. The van der Waals surface area contributed by atoms with Gasteiger partial charge in [0.15, 0.2) is 0 Å². The zero-order chi connectivity index (χ0) is 18.2. The molecule has 0 aliphatic carbocycles. The molecule has 1 aromatic carbocycles. The van der Waals surface area contributed by atoms with E-state index >= 15 is 0 Å². The Kier molecular flexibility index (Phi) is 7.91. The van der Waals surface area contributed by atoms with Crippen molar-refractivity contribution >= 4 is 10.1 Å². The van der Waals surface area contributed by atoms with E-state index in [0.29, 0.717) is 0 Å². The molecule has 142 valence electrons. The van der Waals surface area contributed by atoms with Gasteiger partial charge in [-0.05, 0) is 44.7 Å². The van der Waals surface area contributed by atoms with Crippen LogP contribution in [0.15, 0.2) is 29.2 Å². The second kappa shape index (κ2) is 9.70. The highest BCUT2D eigenvalue weighted by atomic mass is 32.2. The summed E-state index contributed by atoms with van der Waals surface area (Å²) in [5.41, 5.74) is 1.19. The highest BCUT2D eigenvalue weighted by molar-refractivity contribution is 7.86. The molecule has 2 rings (SSSR count). The first-order valence-electron chi connectivity index (χ1n) is 9.57. The molecule has 1 aliphatic heterocycles. The Bertz CT molecular complexity index is 603. The van der Waals surface area contributed by atoms with E-state index in [2.05, 4.69) is 6.92 Å². The number of rotatable bonds is 12. The molecule has 1 fully saturated rings. The van der Waals surface area contributed by atoms with Gasteiger partial charge in [-0.25, -0.2) is 0 Å². The van der Waals surface area contributed by atoms with Crippen molar-refractivity contribution < 1.29 is 17.3 Å². The van der Waals surface area contributed by atoms with E-state index in [-0.39, 0.29) is 17.1 Å². The molecule has 0 bridgehead atoms. The van der Waals surface area contributed by atoms with Crippen molar-refractivity contribution in [2.75, 3.05) is 13.2 Å². The maximum absolute atomic E-state index is 12.1. The summed E-state index contributed by atoms with van der Waals surface area (Å²) in [6, 6.07) is 6.76. The quantitative estimate of drug-likeness (QED) is 0.385. The van der Waals surface area contributed by atoms with Crippen LogP contribution in [0.1, 0.15) is 70.3 Å². The molecular formula is C20H32O4S. The lowest BCUT2D eigenvalue weighted by Crippen LogP contribution is -2.43. The summed E-state index contributed by atoms with van der Waals surface area (Å²) in [5, 5.41) is 0. The second-order valence-corrected chi connectivity index (χ2v) is 8.75. The Labute approximate surface area is 153 Å². The summed E-state index contributed by atoms with van der Waals surface area (Å²) < 4.78 is 35.1. The average Bonchev–Trinajstić information content (AvgIpc) is 2.55. The van der Waals surface area contributed by atoms with Crippen molar-refractivity contribution in [3.8, 4) is 0 Å². The predicted molar refractivity (Wildman–Crippen MR) is 100 cm³/mol. The van der Waals surface area contributed by atoms with E-state index < -0.39 is 10.1 Å². The van der Waals surface area contributed by atoms with Gasteiger partial charge in [0.2, 0.25) is 0 Å². The molecule has 0 amide bonds. The maximum atomic E-state index is 12.1. The summed E-state index contributed by atoms with van der Waals surface area (Å²) in [7, 11) is -3.62. The maximum Gasteiger partial charge on any atom is 0.296 e. The van der Waals surface area contributed by atoms with Crippen LogP contribution in [0.4, 0.5) is 0 Å². The van der Waals surface area contributed by atoms with Crippen molar-refractivity contribution in [1.82, 2.24) is 0 Å². The minimum atomic E-state index is -3.62. The van der Waals surface area contributed by atoms with Crippen LogP contribution in [0.5, 0.6) is 0 Å². The molecule has 5 heteroatoms. The number of ether oxygens (including phenoxy) is 1. The standard InChI is InChI=1S/C20H32O4S/c1-3-4-13-20(15-17-23-20)14-7-5-6-8-16-24-25(21,22)19-11-9-18(2)10-12-19/h9-12H,3-8,13-17H2,1-2H3. The van der Waals surface area contributed by atoms with Gasteiger partial charge < -0.3 is 4.74 Å². The molecule has 1 unspecified atom stereocenters. The van der Waals surface area contributed by atoms with Crippen molar-refractivity contribution in [3.63, 3.8) is 0 Å². The summed E-state index contributed by atoms with van der Waals surface area (Å²) >= 11 is 0. The van der Waals surface area contributed by atoms with Crippen LogP contribution in [-0.4, -0.2) is 27.2 Å². The lowest BCUT2D eigenvalue weighted by Gasteiger charge is -2.42. The van der Waals surface area contributed by atoms with Gasteiger partial charge >= 0.3 is 0 Å². The molecule has 1 atom stereocenters. The molecule has 1 heterocycles. The Morgan fingerprint density at radius 3 is 2.28 bits per heavy atom. The fourth-order valence-corrected chi connectivity index (χ4v) is 4.20. The monoisotopic (exact) mass is 368 g/mol. The largest absolute Gasteiger partial charge is 0.375 e. The first-order chi connectivity index (χ1) is 12.0. The third-order valence-electron chi connectivity index (χ3n) is 5.03. The van der Waals surface area contributed by atoms with E-state index in [9.17, 15) is 8.42 Å². The molecular weight excluding hydrogens is 336 g/mol. The fraction of sp³-hybridized carbons (Fsp3) is 0.700. The van der Waals surface area contributed by atoms with Crippen LogP contribution in [-0.2, 0) is 19.0 Å². The zero-order valence-corrected chi connectivity index (χ0v) is 16.4. The van der Waals surface area contributed by atoms with Gasteiger partial charge in [0.25, 0.3) is 10.1 Å². The molecule has 25 heavy (non-hydrogen) atoms. The first kappa shape index (κ1) is 20.4. The third-order valence-corrected chi connectivity index (χ3v) is 6.35. The number of hydrogen-bond donors (Lipinski definition) is 0. The van der Waals surface area contributed by atoms with Crippen LogP contribution in [0.3, 0.4) is 0 Å². The van der Waals surface area contributed by atoms with Gasteiger partial charge in [-0.2, -0.15) is 8.42 Å². The van der Waals surface area contributed by atoms with Gasteiger partial charge in [0.1, 0.15) is 0 Å². The van der Waals surface area contributed by atoms with Crippen LogP contribution in [0.2, 0.25) is 0 Å². The SMILES string of the molecule is CCCCC1(CCCCCCOS(=O)(=O)c2ccc(C)cc2)CCO1. The van der Waals surface area contributed by atoms with Gasteiger partial charge in [-0.3, -0.25) is 4.18 Å². The first-order valence-corrected chi connectivity index (χ1v) is 11.0. The number of hydrogen-bond acceptors (Lipinski definition) is 4. The fourth-order valence-electron chi connectivity index (χ4n) is 3.25. The minimum Gasteiger partial charge on any atom is -0.375 e. The smallest absolute Gasteiger partial charge is 0.296 e. The van der Waals surface area contributed by atoms with E-state index in [1.54, 1.807) is 24.3 Å². The Hall–Kier alpha value is -0.910. The molecule has 0 aromatic heterocycles. The van der Waals surface area contributed by atoms with Crippen LogP contribution < -0.4 is 0 Å².